The quantitative estimate of drug-likeness (QED) is 0.753. The molecule has 5 N–H and O–H groups in total. The third-order valence-electron chi connectivity index (χ3n) is 1.86. The Labute approximate surface area is 99.5 Å². The smallest absolute Gasteiger partial charge is 0.123 e. The molecule has 0 radical (unpaired) electrons. The standard InChI is InChI=1S/C10H11ClFNO.CH5N/c11-10(5-13)9(6-14)7-1-3-8(12)4-2-7;1-2/h1-4,14H,5-6,13H2;2H2,1H3/b10-9-;. The van der Waals surface area contributed by atoms with Gasteiger partial charge in [-0.25, -0.2) is 4.39 Å². The Kier molecular flexibility index (Phi) is 7.76. The van der Waals surface area contributed by atoms with Crippen LogP contribution in [0.15, 0.2) is 29.3 Å². The lowest BCUT2D eigenvalue weighted by molar-refractivity contribution is 0.349. The van der Waals surface area contributed by atoms with Gasteiger partial charge in [0.25, 0.3) is 0 Å². The molecule has 90 valence electrons. The van der Waals surface area contributed by atoms with Crippen molar-refractivity contribution >= 4 is 17.2 Å². The van der Waals surface area contributed by atoms with E-state index in [4.69, 9.17) is 22.4 Å². The maximum absolute atomic E-state index is 12.6. The van der Waals surface area contributed by atoms with E-state index in [0.717, 1.165) is 0 Å². The molecule has 0 fully saturated rings. The third-order valence-corrected chi connectivity index (χ3v) is 2.24. The fourth-order valence-corrected chi connectivity index (χ4v) is 1.28. The summed E-state index contributed by atoms with van der Waals surface area (Å²) in [6.07, 6.45) is 0. The van der Waals surface area contributed by atoms with Crippen molar-refractivity contribution in [3.8, 4) is 0 Å². The first-order valence-electron chi connectivity index (χ1n) is 4.71. The van der Waals surface area contributed by atoms with Crippen molar-refractivity contribution in [1.82, 2.24) is 0 Å². The predicted molar refractivity (Wildman–Crippen MR) is 65.4 cm³/mol. The molecule has 0 aromatic heterocycles. The van der Waals surface area contributed by atoms with E-state index in [1.165, 1.54) is 19.2 Å². The number of aliphatic hydroxyl groups is 1. The molecule has 5 heteroatoms. The molecule has 1 aromatic carbocycles. The number of hydrogen-bond donors (Lipinski definition) is 3. The number of aliphatic hydroxyl groups excluding tert-OH is 1. The van der Waals surface area contributed by atoms with Gasteiger partial charge in [0.05, 0.1) is 6.61 Å². The lowest BCUT2D eigenvalue weighted by atomic mass is 10.1. The highest BCUT2D eigenvalue weighted by Gasteiger charge is 2.05. The molecule has 3 nitrogen and oxygen atoms in total. The average molecular weight is 247 g/mol. The number of rotatable bonds is 3. The van der Waals surface area contributed by atoms with Crippen LogP contribution < -0.4 is 11.5 Å². The first kappa shape index (κ1) is 15.1. The molecular weight excluding hydrogens is 231 g/mol. The largest absolute Gasteiger partial charge is 0.392 e. The number of halogens is 2. The molecule has 0 saturated heterocycles. The molecule has 0 bridgehead atoms. The molecule has 1 rings (SSSR count). The van der Waals surface area contributed by atoms with Gasteiger partial charge < -0.3 is 16.6 Å². The van der Waals surface area contributed by atoms with E-state index in [1.54, 1.807) is 12.1 Å². The highest BCUT2D eigenvalue weighted by Crippen LogP contribution is 2.20. The van der Waals surface area contributed by atoms with Gasteiger partial charge in [0.1, 0.15) is 5.82 Å². The van der Waals surface area contributed by atoms with E-state index < -0.39 is 0 Å². The van der Waals surface area contributed by atoms with Gasteiger partial charge in [-0.05, 0) is 24.7 Å². The minimum Gasteiger partial charge on any atom is -0.392 e. The maximum Gasteiger partial charge on any atom is 0.123 e. The lowest BCUT2D eigenvalue weighted by Gasteiger charge is -2.06. The zero-order valence-electron chi connectivity index (χ0n) is 9.08. The van der Waals surface area contributed by atoms with E-state index in [-0.39, 0.29) is 19.0 Å². The van der Waals surface area contributed by atoms with Crippen LogP contribution in [0.5, 0.6) is 0 Å². The zero-order valence-corrected chi connectivity index (χ0v) is 9.84. The second-order valence-corrected chi connectivity index (χ2v) is 3.21. The van der Waals surface area contributed by atoms with E-state index >= 15 is 0 Å². The zero-order chi connectivity index (χ0) is 12.6. The second kappa shape index (κ2) is 8.24. The summed E-state index contributed by atoms with van der Waals surface area (Å²) in [5.41, 5.74) is 11.1. The van der Waals surface area contributed by atoms with Crippen LogP contribution in [0.2, 0.25) is 0 Å². The molecule has 0 atom stereocenters. The summed E-state index contributed by atoms with van der Waals surface area (Å²) in [5, 5.41) is 9.45. The average Bonchev–Trinajstić information content (AvgIpc) is 2.34. The van der Waals surface area contributed by atoms with Crippen molar-refractivity contribution in [3.63, 3.8) is 0 Å². The van der Waals surface area contributed by atoms with Crippen LogP contribution in [0.25, 0.3) is 5.57 Å². The summed E-state index contributed by atoms with van der Waals surface area (Å²) in [6.45, 7) is -0.0451. The summed E-state index contributed by atoms with van der Waals surface area (Å²) in [6, 6.07) is 5.73. The molecule has 1 aromatic rings. The molecule has 0 saturated carbocycles. The minimum absolute atomic E-state index is 0.162. The van der Waals surface area contributed by atoms with Gasteiger partial charge in [0.2, 0.25) is 0 Å². The van der Waals surface area contributed by atoms with E-state index in [9.17, 15) is 4.39 Å². The Hall–Kier alpha value is -0.940. The molecule has 0 amide bonds. The van der Waals surface area contributed by atoms with Crippen LogP contribution in [0.3, 0.4) is 0 Å². The normalized spacial score (nSPS) is 11.4. The number of hydrogen-bond acceptors (Lipinski definition) is 3. The van der Waals surface area contributed by atoms with Crippen LogP contribution in [0.4, 0.5) is 4.39 Å². The molecule has 0 aliphatic carbocycles. The fraction of sp³-hybridized carbons (Fsp3) is 0.273. The summed E-state index contributed by atoms with van der Waals surface area (Å²) in [7, 11) is 1.50. The van der Waals surface area contributed by atoms with Gasteiger partial charge in [0, 0.05) is 17.2 Å². The highest BCUT2D eigenvalue weighted by atomic mass is 35.5. The van der Waals surface area contributed by atoms with Crippen LogP contribution in [-0.2, 0) is 0 Å². The van der Waals surface area contributed by atoms with Gasteiger partial charge in [-0.1, -0.05) is 23.7 Å². The van der Waals surface area contributed by atoms with Crippen LogP contribution in [0, 0.1) is 5.82 Å². The predicted octanol–water partition coefficient (Wildman–Crippen LogP) is 1.30. The number of benzene rings is 1. The molecule has 0 heterocycles. The summed E-state index contributed by atoms with van der Waals surface area (Å²) in [4.78, 5) is 0. The van der Waals surface area contributed by atoms with Gasteiger partial charge in [-0.3, -0.25) is 0 Å². The summed E-state index contributed by atoms with van der Waals surface area (Å²) < 4.78 is 12.6. The van der Waals surface area contributed by atoms with Crippen molar-refractivity contribution in [2.75, 3.05) is 20.2 Å². The van der Waals surface area contributed by atoms with E-state index in [1.807, 2.05) is 0 Å². The van der Waals surface area contributed by atoms with Crippen molar-refractivity contribution in [1.29, 1.82) is 0 Å². The highest BCUT2D eigenvalue weighted by molar-refractivity contribution is 6.33. The van der Waals surface area contributed by atoms with E-state index in [2.05, 4.69) is 5.73 Å². The Morgan fingerprint density at radius 1 is 1.31 bits per heavy atom. The first-order chi connectivity index (χ1) is 7.69. The minimum atomic E-state index is -0.324. The monoisotopic (exact) mass is 246 g/mol. The Balaban J connectivity index is 0.00000106. The van der Waals surface area contributed by atoms with Crippen molar-refractivity contribution < 1.29 is 9.50 Å². The fourth-order valence-electron chi connectivity index (χ4n) is 1.11. The Bertz CT molecular complexity index is 338. The topological polar surface area (TPSA) is 72.3 Å². The molecule has 0 aliphatic rings. The van der Waals surface area contributed by atoms with Gasteiger partial charge in [0.15, 0.2) is 0 Å². The van der Waals surface area contributed by atoms with Crippen molar-refractivity contribution in [2.45, 2.75) is 0 Å². The van der Waals surface area contributed by atoms with Crippen molar-refractivity contribution in [2.24, 2.45) is 11.5 Å². The molecule has 0 unspecified atom stereocenters. The Morgan fingerprint density at radius 3 is 2.19 bits per heavy atom. The SMILES string of the molecule is CN.NC/C(Cl)=C(\CO)c1ccc(F)cc1. The van der Waals surface area contributed by atoms with Crippen LogP contribution in [0.1, 0.15) is 5.56 Å². The first-order valence-corrected chi connectivity index (χ1v) is 5.09. The van der Waals surface area contributed by atoms with Gasteiger partial charge in [-0.15, -0.1) is 0 Å². The number of nitrogens with two attached hydrogens (primary N) is 2. The Morgan fingerprint density at radius 2 is 1.81 bits per heavy atom. The molecule has 16 heavy (non-hydrogen) atoms. The molecule has 0 aliphatic heterocycles. The van der Waals surface area contributed by atoms with Gasteiger partial charge in [-0.2, -0.15) is 0 Å². The maximum atomic E-state index is 12.6. The third kappa shape index (κ3) is 4.28. The van der Waals surface area contributed by atoms with Crippen LogP contribution in [-0.4, -0.2) is 25.3 Å². The summed E-state index contributed by atoms with van der Waals surface area (Å²) in [5.74, 6) is -0.324. The second-order valence-electron chi connectivity index (χ2n) is 2.75. The van der Waals surface area contributed by atoms with Crippen molar-refractivity contribution in [3.05, 3.63) is 40.7 Å². The lowest BCUT2D eigenvalue weighted by Crippen LogP contribution is -2.03. The summed E-state index contributed by atoms with van der Waals surface area (Å²) >= 11 is 5.81. The molecular formula is C11H16ClFN2O. The van der Waals surface area contributed by atoms with Gasteiger partial charge >= 0.3 is 0 Å². The van der Waals surface area contributed by atoms with E-state index in [0.29, 0.717) is 16.2 Å². The van der Waals surface area contributed by atoms with Crippen LogP contribution >= 0.6 is 11.6 Å². The molecule has 0 spiro atoms.